The zero-order valence-corrected chi connectivity index (χ0v) is 29.2. The van der Waals surface area contributed by atoms with Crippen molar-refractivity contribution in [2.75, 3.05) is 4.90 Å². The maximum absolute atomic E-state index is 2.37. The first kappa shape index (κ1) is 30.4. The average molecular weight is 680 g/mol. The molecule has 0 atom stereocenters. The second kappa shape index (κ2) is 12.7. The Morgan fingerprint density at radius 3 is 1.67 bits per heavy atom. The molecule has 1 nitrogen and oxygen atoms in total. The third-order valence-electron chi connectivity index (χ3n) is 10.2. The molecule has 0 spiro atoms. The van der Waals surface area contributed by atoms with Crippen molar-refractivity contribution in [1.29, 1.82) is 0 Å². The van der Waals surface area contributed by atoms with Gasteiger partial charge in [-0.1, -0.05) is 152 Å². The van der Waals surface area contributed by atoms with Gasteiger partial charge in [0.05, 0.1) is 0 Å². The van der Waals surface area contributed by atoms with Crippen LogP contribution in [-0.4, -0.2) is 0 Å². The molecule has 0 aliphatic rings. The van der Waals surface area contributed by atoms with E-state index >= 15 is 0 Å². The summed E-state index contributed by atoms with van der Waals surface area (Å²) in [6.45, 7) is 0. The van der Waals surface area contributed by atoms with Gasteiger partial charge < -0.3 is 4.90 Å². The molecule has 0 N–H and O–H groups in total. The molecule has 0 amide bonds. The molecule has 1 aromatic heterocycles. The maximum Gasteiger partial charge on any atom is 0.0467 e. The molecule has 10 aromatic rings. The largest absolute Gasteiger partial charge is 0.310 e. The number of rotatable bonds is 6. The molecule has 0 aliphatic carbocycles. The maximum atomic E-state index is 2.37. The molecule has 0 radical (unpaired) electrons. The molecule has 1 heterocycles. The van der Waals surface area contributed by atoms with Crippen LogP contribution in [0.2, 0.25) is 0 Å². The molecule has 2 heteroatoms. The van der Waals surface area contributed by atoms with Gasteiger partial charge in [0, 0.05) is 42.8 Å². The number of hydrogen-bond acceptors (Lipinski definition) is 2. The zero-order chi connectivity index (χ0) is 34.4. The Bertz CT molecular complexity index is 2880. The summed E-state index contributed by atoms with van der Waals surface area (Å²) in [5.74, 6) is 0. The predicted molar refractivity (Wildman–Crippen MR) is 225 cm³/mol. The SMILES string of the molecule is c1ccc(-c2cccc(N(c3ccc(-c4cccc5ccccc45)cc3)c3ccc(-c4cc5ccccc5c5c4sc4ccccc45)cc3)c2)cc1. The number of benzene rings is 9. The Kier molecular flexibility index (Phi) is 7.41. The normalized spacial score (nSPS) is 11.5. The molecule has 0 unspecified atom stereocenters. The van der Waals surface area contributed by atoms with Crippen molar-refractivity contribution in [2.45, 2.75) is 0 Å². The minimum Gasteiger partial charge on any atom is -0.310 e. The van der Waals surface area contributed by atoms with E-state index in [-0.39, 0.29) is 0 Å². The van der Waals surface area contributed by atoms with Crippen LogP contribution in [-0.2, 0) is 0 Å². The molecule has 9 aromatic carbocycles. The monoisotopic (exact) mass is 679 g/mol. The van der Waals surface area contributed by atoms with Crippen molar-refractivity contribution < 1.29 is 0 Å². The van der Waals surface area contributed by atoms with Crippen molar-refractivity contribution in [3.63, 3.8) is 0 Å². The zero-order valence-electron chi connectivity index (χ0n) is 28.4. The van der Waals surface area contributed by atoms with Crippen LogP contribution in [0, 0.1) is 0 Å². The highest BCUT2D eigenvalue weighted by Crippen LogP contribution is 2.45. The Balaban J connectivity index is 1.10. The molecule has 0 bridgehead atoms. The second-order valence-electron chi connectivity index (χ2n) is 13.3. The summed E-state index contributed by atoms with van der Waals surface area (Å²) in [5.41, 5.74) is 10.7. The average Bonchev–Trinajstić information content (AvgIpc) is 3.62. The van der Waals surface area contributed by atoms with Gasteiger partial charge in [-0.2, -0.15) is 0 Å². The van der Waals surface area contributed by atoms with Crippen LogP contribution in [0.25, 0.3) is 75.1 Å². The van der Waals surface area contributed by atoms with Gasteiger partial charge in [-0.25, -0.2) is 0 Å². The van der Waals surface area contributed by atoms with E-state index in [1.54, 1.807) is 0 Å². The van der Waals surface area contributed by atoms with Crippen molar-refractivity contribution in [1.82, 2.24) is 0 Å². The molecular formula is C50H33NS. The molecule has 0 saturated heterocycles. The number of thiophene rings is 1. The van der Waals surface area contributed by atoms with Crippen LogP contribution < -0.4 is 4.90 Å². The van der Waals surface area contributed by atoms with Crippen molar-refractivity contribution >= 4 is 70.1 Å². The van der Waals surface area contributed by atoms with Gasteiger partial charge in [-0.05, 0) is 97.9 Å². The highest BCUT2D eigenvalue weighted by molar-refractivity contribution is 7.26. The Morgan fingerprint density at radius 1 is 0.327 bits per heavy atom. The third-order valence-corrected chi connectivity index (χ3v) is 11.4. The third kappa shape index (κ3) is 5.24. The summed E-state index contributed by atoms with van der Waals surface area (Å²) in [6.07, 6.45) is 0. The lowest BCUT2D eigenvalue weighted by molar-refractivity contribution is 1.28. The Morgan fingerprint density at radius 2 is 0.904 bits per heavy atom. The highest BCUT2D eigenvalue weighted by Gasteiger charge is 2.17. The lowest BCUT2D eigenvalue weighted by Gasteiger charge is -2.26. The lowest BCUT2D eigenvalue weighted by atomic mass is 9.96. The fourth-order valence-corrected chi connectivity index (χ4v) is 9.00. The number of hydrogen-bond donors (Lipinski definition) is 0. The van der Waals surface area contributed by atoms with E-state index in [2.05, 4.69) is 205 Å². The van der Waals surface area contributed by atoms with Crippen LogP contribution in [0.1, 0.15) is 0 Å². The molecule has 0 fully saturated rings. The molecule has 244 valence electrons. The fourth-order valence-electron chi connectivity index (χ4n) is 7.75. The quantitative estimate of drug-likeness (QED) is 0.169. The van der Waals surface area contributed by atoms with E-state index in [1.165, 1.54) is 75.1 Å². The standard InChI is InChI=1S/C50H33NS/c1-2-12-34(13-3-1)38-17-10-18-42(32-38)51(40-28-24-36(25-29-40)44-22-11-16-35-14-4-6-19-43(35)44)41-30-26-37(27-31-41)47-33-39-15-5-7-20-45(39)49-46-21-8-9-23-48(46)52-50(47)49/h1-33H. The number of fused-ring (bicyclic) bond motifs is 6. The summed E-state index contributed by atoms with van der Waals surface area (Å²) in [4.78, 5) is 2.37. The van der Waals surface area contributed by atoms with Gasteiger partial charge in [0.15, 0.2) is 0 Å². The topological polar surface area (TPSA) is 3.24 Å². The van der Waals surface area contributed by atoms with Gasteiger partial charge in [-0.15, -0.1) is 11.3 Å². The van der Waals surface area contributed by atoms with Crippen LogP contribution >= 0.6 is 11.3 Å². The van der Waals surface area contributed by atoms with Crippen LogP contribution in [0.5, 0.6) is 0 Å². The number of nitrogens with zero attached hydrogens (tertiary/aromatic N) is 1. The summed E-state index contributed by atoms with van der Waals surface area (Å²) < 4.78 is 2.66. The summed E-state index contributed by atoms with van der Waals surface area (Å²) >= 11 is 1.89. The molecule has 0 saturated carbocycles. The van der Waals surface area contributed by atoms with Gasteiger partial charge in [0.1, 0.15) is 0 Å². The first-order valence-electron chi connectivity index (χ1n) is 17.8. The summed E-state index contributed by atoms with van der Waals surface area (Å²) in [7, 11) is 0. The van der Waals surface area contributed by atoms with Crippen LogP contribution in [0.4, 0.5) is 17.1 Å². The first-order chi connectivity index (χ1) is 25.8. The van der Waals surface area contributed by atoms with Gasteiger partial charge in [-0.3, -0.25) is 0 Å². The van der Waals surface area contributed by atoms with E-state index < -0.39 is 0 Å². The van der Waals surface area contributed by atoms with E-state index in [1.807, 2.05) is 11.3 Å². The fraction of sp³-hybridized carbons (Fsp3) is 0. The summed E-state index contributed by atoms with van der Waals surface area (Å²) in [5, 5.41) is 7.78. The minimum absolute atomic E-state index is 1.11. The predicted octanol–water partition coefficient (Wildman–Crippen LogP) is 14.8. The van der Waals surface area contributed by atoms with Crippen molar-refractivity contribution in [3.8, 4) is 33.4 Å². The van der Waals surface area contributed by atoms with E-state index in [9.17, 15) is 0 Å². The second-order valence-corrected chi connectivity index (χ2v) is 14.4. The molecule has 0 aliphatic heterocycles. The van der Waals surface area contributed by atoms with E-state index in [0.717, 1.165) is 17.1 Å². The lowest BCUT2D eigenvalue weighted by Crippen LogP contribution is -2.10. The first-order valence-corrected chi connectivity index (χ1v) is 18.6. The van der Waals surface area contributed by atoms with E-state index in [0.29, 0.717) is 0 Å². The van der Waals surface area contributed by atoms with Crippen LogP contribution in [0.3, 0.4) is 0 Å². The molecular weight excluding hydrogens is 647 g/mol. The minimum atomic E-state index is 1.11. The number of anilines is 3. The van der Waals surface area contributed by atoms with Gasteiger partial charge in [0.25, 0.3) is 0 Å². The molecule has 10 rings (SSSR count). The Hall–Kier alpha value is -6.48. The Labute approximate surface area is 307 Å². The van der Waals surface area contributed by atoms with E-state index in [4.69, 9.17) is 0 Å². The smallest absolute Gasteiger partial charge is 0.0467 e. The van der Waals surface area contributed by atoms with Gasteiger partial charge in [0.2, 0.25) is 0 Å². The van der Waals surface area contributed by atoms with Crippen LogP contribution in [0.15, 0.2) is 200 Å². The van der Waals surface area contributed by atoms with Crippen molar-refractivity contribution in [3.05, 3.63) is 200 Å². The highest BCUT2D eigenvalue weighted by atomic mass is 32.1. The van der Waals surface area contributed by atoms with Crippen molar-refractivity contribution in [2.24, 2.45) is 0 Å². The van der Waals surface area contributed by atoms with Gasteiger partial charge >= 0.3 is 0 Å². The summed E-state index contributed by atoms with van der Waals surface area (Å²) in [6, 6.07) is 72.8. The molecule has 52 heavy (non-hydrogen) atoms.